The Morgan fingerprint density at radius 1 is 1.18 bits per heavy atom. The molecule has 1 aliphatic rings. The van der Waals surface area contributed by atoms with Gasteiger partial charge in [0.2, 0.25) is 5.91 Å². The number of anilines is 1. The smallest absolute Gasteiger partial charge is 0.251 e. The van der Waals surface area contributed by atoms with Crippen molar-refractivity contribution in [3.8, 4) is 11.1 Å². The van der Waals surface area contributed by atoms with E-state index in [1.165, 1.54) is 12.3 Å². The minimum absolute atomic E-state index is 0.228. The van der Waals surface area contributed by atoms with Gasteiger partial charge in [0.15, 0.2) is 14.6 Å². The number of benzene rings is 1. The Bertz CT molecular complexity index is 1150. The molecule has 180 valence electrons. The van der Waals surface area contributed by atoms with Crippen LogP contribution in [-0.2, 0) is 21.2 Å². The number of nitrogens with two attached hydrogens (primary N) is 1. The number of sulfone groups is 1. The minimum atomic E-state index is -4.02. The number of carbonyl (C=O) groups excluding carboxylic acids is 1. The molecule has 1 amide bonds. The first-order valence-electron chi connectivity index (χ1n) is 10.8. The van der Waals surface area contributed by atoms with Gasteiger partial charge in [-0.1, -0.05) is 12.1 Å². The lowest BCUT2D eigenvalue weighted by Gasteiger charge is -2.33. The lowest BCUT2D eigenvalue weighted by atomic mass is 9.97. The summed E-state index contributed by atoms with van der Waals surface area (Å²) in [6.45, 7) is 2.67. The quantitative estimate of drug-likeness (QED) is 0.498. The van der Waals surface area contributed by atoms with Crippen molar-refractivity contribution in [3.05, 3.63) is 52.9 Å². The first-order chi connectivity index (χ1) is 15.5. The van der Waals surface area contributed by atoms with Crippen LogP contribution in [0, 0.1) is 5.92 Å². The van der Waals surface area contributed by atoms with E-state index < -0.39 is 38.7 Å². The van der Waals surface area contributed by atoms with Gasteiger partial charge in [0.05, 0.1) is 6.54 Å². The van der Waals surface area contributed by atoms with Crippen molar-refractivity contribution in [3.63, 3.8) is 0 Å². The average molecular weight is 478 g/mol. The number of nitrogens with zero attached hydrogens (tertiary/aromatic N) is 2. The van der Waals surface area contributed by atoms with E-state index in [1.807, 2.05) is 24.3 Å². The lowest BCUT2D eigenvalue weighted by molar-refractivity contribution is -0.123. The highest BCUT2D eigenvalue weighted by molar-refractivity contribution is 7.92. The second-order valence-electron chi connectivity index (χ2n) is 8.83. The number of hydrogen-bond acceptors (Lipinski definition) is 7. The van der Waals surface area contributed by atoms with Gasteiger partial charge in [-0.2, -0.15) is 0 Å². The molecule has 2 unspecified atom stereocenters. The van der Waals surface area contributed by atoms with Gasteiger partial charge >= 0.3 is 0 Å². The maximum atomic E-state index is 12.6. The van der Waals surface area contributed by atoms with Crippen molar-refractivity contribution in [2.24, 2.45) is 11.7 Å². The van der Waals surface area contributed by atoms with Gasteiger partial charge in [-0.15, -0.1) is 0 Å². The van der Waals surface area contributed by atoms with Crippen LogP contribution in [0.25, 0.3) is 11.1 Å². The number of aliphatic hydroxyl groups is 2. The monoisotopic (exact) mass is 477 g/mol. The molecular weight excluding hydrogens is 446 g/mol. The number of amides is 1. The molecule has 9 nitrogen and oxygen atoms in total. The van der Waals surface area contributed by atoms with E-state index in [0.29, 0.717) is 11.5 Å². The van der Waals surface area contributed by atoms with Crippen LogP contribution in [0.5, 0.6) is 0 Å². The lowest BCUT2D eigenvalue weighted by Crippen LogP contribution is -2.57. The highest BCUT2D eigenvalue weighted by Crippen LogP contribution is 2.26. The number of hydrogen-bond donors (Lipinski definition) is 3. The number of piperidine rings is 1. The van der Waals surface area contributed by atoms with Crippen molar-refractivity contribution in [2.45, 2.75) is 37.2 Å². The van der Waals surface area contributed by atoms with Crippen LogP contribution >= 0.6 is 0 Å². The predicted octanol–water partition coefficient (Wildman–Crippen LogP) is 0.374. The van der Waals surface area contributed by atoms with Gasteiger partial charge in [-0.05, 0) is 55.0 Å². The van der Waals surface area contributed by atoms with E-state index in [0.717, 1.165) is 54.9 Å². The number of rotatable bonds is 8. The zero-order valence-electron chi connectivity index (χ0n) is 18.8. The Hall–Kier alpha value is -2.69. The molecule has 0 aliphatic carbocycles. The zero-order chi connectivity index (χ0) is 24.4. The minimum Gasteiger partial charge on any atom is -0.396 e. The third-order valence-corrected chi connectivity index (χ3v) is 8.71. The van der Waals surface area contributed by atoms with E-state index in [1.54, 1.807) is 6.07 Å². The number of aromatic nitrogens is 1. The molecule has 0 saturated carbocycles. The second-order valence-corrected chi connectivity index (χ2v) is 11.2. The molecule has 1 saturated heterocycles. The summed E-state index contributed by atoms with van der Waals surface area (Å²) in [5, 5.41) is 19.8. The fourth-order valence-corrected chi connectivity index (χ4v) is 4.97. The van der Waals surface area contributed by atoms with Crippen LogP contribution in [0.15, 0.2) is 47.4 Å². The molecule has 10 heteroatoms. The largest absolute Gasteiger partial charge is 0.396 e. The molecule has 0 radical (unpaired) electrons. The Balaban J connectivity index is 1.76. The van der Waals surface area contributed by atoms with E-state index in [9.17, 15) is 28.2 Å². The first-order valence-corrected chi connectivity index (χ1v) is 12.7. The van der Waals surface area contributed by atoms with E-state index in [2.05, 4.69) is 4.90 Å². The number of pyridine rings is 1. The highest BCUT2D eigenvalue weighted by atomic mass is 32.2. The maximum Gasteiger partial charge on any atom is 0.251 e. The molecule has 2 heterocycles. The number of aliphatic hydroxyl groups excluding tert-OH is 2. The normalized spacial score (nSPS) is 18.0. The van der Waals surface area contributed by atoms with Crippen molar-refractivity contribution >= 4 is 21.4 Å². The summed E-state index contributed by atoms with van der Waals surface area (Å²) >= 11 is 0. The summed E-state index contributed by atoms with van der Waals surface area (Å²) in [5.74, 6) is -0.813. The van der Waals surface area contributed by atoms with E-state index in [4.69, 9.17) is 5.73 Å². The summed E-state index contributed by atoms with van der Waals surface area (Å²) in [7, 11) is -4.02. The zero-order valence-corrected chi connectivity index (χ0v) is 19.7. The Kier molecular flexibility index (Phi) is 7.30. The SMILES string of the molecule is CC(C(N)=O)(C(O)Cn1ccc(-c2ccc(N3CCC(CO)CC3)cc2)cc1=O)S(C)(=O)=O. The number of carbonyl (C=O) groups is 1. The third kappa shape index (κ3) is 5.13. The molecule has 4 N–H and O–H groups in total. The molecule has 33 heavy (non-hydrogen) atoms. The topological polar surface area (TPSA) is 143 Å². The summed E-state index contributed by atoms with van der Waals surface area (Å²) in [4.78, 5) is 26.7. The Morgan fingerprint density at radius 2 is 1.79 bits per heavy atom. The van der Waals surface area contributed by atoms with Crippen LogP contribution in [0.1, 0.15) is 19.8 Å². The van der Waals surface area contributed by atoms with Gasteiger partial charge in [-0.3, -0.25) is 9.59 Å². The van der Waals surface area contributed by atoms with E-state index >= 15 is 0 Å². The van der Waals surface area contributed by atoms with E-state index in [-0.39, 0.29) is 6.61 Å². The van der Waals surface area contributed by atoms with Crippen LogP contribution in [-0.4, -0.2) is 65.9 Å². The molecule has 3 rings (SSSR count). The van der Waals surface area contributed by atoms with Crippen molar-refractivity contribution < 1.29 is 23.4 Å². The van der Waals surface area contributed by atoms with Crippen molar-refractivity contribution in [1.82, 2.24) is 4.57 Å². The molecule has 1 aromatic heterocycles. The number of primary amides is 1. The summed E-state index contributed by atoms with van der Waals surface area (Å²) in [5.41, 5.74) is 7.41. The molecule has 0 bridgehead atoms. The second kappa shape index (κ2) is 9.66. The molecule has 0 spiro atoms. The van der Waals surface area contributed by atoms with Crippen molar-refractivity contribution in [2.75, 3.05) is 30.9 Å². The van der Waals surface area contributed by atoms with Crippen molar-refractivity contribution in [1.29, 1.82) is 0 Å². The van der Waals surface area contributed by atoms with Gasteiger partial charge in [0.1, 0.15) is 6.10 Å². The Morgan fingerprint density at radius 3 is 2.27 bits per heavy atom. The van der Waals surface area contributed by atoms with Crippen LogP contribution in [0.4, 0.5) is 5.69 Å². The fourth-order valence-electron chi connectivity index (χ4n) is 4.03. The average Bonchev–Trinajstić information content (AvgIpc) is 2.79. The van der Waals surface area contributed by atoms with Crippen LogP contribution in [0.2, 0.25) is 0 Å². The fraction of sp³-hybridized carbons (Fsp3) is 0.478. The molecule has 1 aliphatic heterocycles. The summed E-state index contributed by atoms with van der Waals surface area (Å²) in [6, 6.07) is 10.9. The molecular formula is C23H31N3O6S. The summed E-state index contributed by atoms with van der Waals surface area (Å²) < 4.78 is 23.1. The molecule has 2 aromatic rings. The van der Waals surface area contributed by atoms with Gasteiger partial charge in [-0.25, -0.2) is 8.42 Å². The van der Waals surface area contributed by atoms with Gasteiger partial charge < -0.3 is 25.4 Å². The third-order valence-electron chi connectivity index (χ3n) is 6.70. The predicted molar refractivity (Wildman–Crippen MR) is 127 cm³/mol. The standard InChI is InChI=1S/C23H31N3O6S/c1-23(22(24)30,33(2,31)32)20(28)14-26-12-9-18(13-21(26)29)17-3-5-19(6-4-17)25-10-7-16(15-27)8-11-25/h3-6,9,12-13,16,20,27-28H,7-8,10-11,14-15H2,1-2H3,(H2,24,30). The van der Waals surface area contributed by atoms with Crippen LogP contribution in [0.3, 0.4) is 0 Å². The Labute approximate surface area is 193 Å². The first kappa shape index (κ1) is 24.9. The molecule has 1 aromatic carbocycles. The van der Waals surface area contributed by atoms with Gasteiger partial charge in [0, 0.05) is 43.9 Å². The maximum absolute atomic E-state index is 12.6. The van der Waals surface area contributed by atoms with Crippen LogP contribution < -0.4 is 16.2 Å². The highest BCUT2D eigenvalue weighted by Gasteiger charge is 2.48. The van der Waals surface area contributed by atoms with Gasteiger partial charge in [0.25, 0.3) is 5.56 Å². The molecule has 2 atom stereocenters. The molecule has 1 fully saturated rings. The summed E-state index contributed by atoms with van der Waals surface area (Å²) in [6.07, 6.45) is 2.50.